The van der Waals surface area contributed by atoms with Crippen molar-refractivity contribution in [2.45, 2.75) is 39.4 Å². The third kappa shape index (κ3) is 4.48. The van der Waals surface area contributed by atoms with Crippen LogP contribution < -0.4 is 5.69 Å². The van der Waals surface area contributed by atoms with Gasteiger partial charge in [0.1, 0.15) is 0 Å². The molecule has 0 aliphatic carbocycles. The van der Waals surface area contributed by atoms with E-state index in [1.54, 1.807) is 32.0 Å². The number of carbonyl (C=O) groups excluding carboxylic acids is 1. The minimum atomic E-state index is -0.0636. The first-order chi connectivity index (χ1) is 15.5. The summed E-state index contributed by atoms with van der Waals surface area (Å²) in [4.78, 5) is 27.3. The zero-order valence-corrected chi connectivity index (χ0v) is 19.0. The molecule has 0 spiro atoms. The number of hydrogen-bond acceptors (Lipinski definition) is 3. The van der Waals surface area contributed by atoms with Gasteiger partial charge in [0.05, 0.1) is 22.9 Å². The molecule has 4 aromatic rings. The highest BCUT2D eigenvalue weighted by molar-refractivity contribution is 6.30. The Morgan fingerprint density at radius 1 is 1.06 bits per heavy atom. The summed E-state index contributed by atoms with van der Waals surface area (Å²) in [5.74, 6) is -0.0280. The highest BCUT2D eigenvalue weighted by atomic mass is 35.5. The van der Waals surface area contributed by atoms with Crippen LogP contribution in [0.2, 0.25) is 5.02 Å². The fraction of sp³-hybridized carbons (Fsp3) is 0.292. The minimum absolute atomic E-state index is 0.0280. The van der Waals surface area contributed by atoms with Crippen molar-refractivity contribution in [2.24, 2.45) is 0 Å². The molecule has 0 N–H and O–H groups in total. The number of halogens is 1. The highest BCUT2D eigenvalue weighted by Crippen LogP contribution is 2.16. The summed E-state index contributed by atoms with van der Waals surface area (Å²) in [5.41, 5.74) is 3.49. The number of hydrogen-bond donors (Lipinski definition) is 0. The molecule has 2 aromatic heterocycles. The Kier molecular flexibility index (Phi) is 6.46. The molecule has 0 bridgehead atoms. The summed E-state index contributed by atoms with van der Waals surface area (Å²) in [6, 6.07) is 15.2. The van der Waals surface area contributed by atoms with Crippen molar-refractivity contribution in [3.05, 3.63) is 82.0 Å². The van der Waals surface area contributed by atoms with E-state index in [0.29, 0.717) is 24.7 Å². The van der Waals surface area contributed by atoms with Gasteiger partial charge in [0, 0.05) is 49.9 Å². The highest BCUT2D eigenvalue weighted by Gasteiger charge is 2.15. The lowest BCUT2D eigenvalue weighted by atomic mass is 10.3. The summed E-state index contributed by atoms with van der Waals surface area (Å²) in [7, 11) is 1.77. The maximum atomic E-state index is 12.9. The van der Waals surface area contributed by atoms with E-state index in [-0.39, 0.29) is 18.0 Å². The van der Waals surface area contributed by atoms with E-state index in [2.05, 4.69) is 5.10 Å². The van der Waals surface area contributed by atoms with Gasteiger partial charge in [0.25, 0.3) is 0 Å². The second-order valence-corrected chi connectivity index (χ2v) is 8.28. The second-order valence-electron chi connectivity index (χ2n) is 7.85. The summed E-state index contributed by atoms with van der Waals surface area (Å²) in [6.45, 7) is 3.50. The average Bonchev–Trinajstić information content (AvgIpc) is 3.35. The quantitative estimate of drug-likeness (QED) is 0.405. The molecule has 8 heteroatoms. The van der Waals surface area contributed by atoms with E-state index in [1.807, 2.05) is 61.7 Å². The van der Waals surface area contributed by atoms with E-state index in [0.717, 1.165) is 28.7 Å². The number of fused-ring (bicyclic) bond motifs is 1. The van der Waals surface area contributed by atoms with E-state index < -0.39 is 0 Å². The van der Waals surface area contributed by atoms with Gasteiger partial charge < -0.3 is 4.90 Å². The zero-order valence-electron chi connectivity index (χ0n) is 18.2. The SMILES string of the molecule is CCCn1c(=O)n(CCC(=O)N(C)Cc2cnn(-c3cccc(Cl)c3)c2)c2ccccc21. The maximum Gasteiger partial charge on any atom is 0.329 e. The van der Waals surface area contributed by atoms with Crippen LogP contribution in [-0.2, 0) is 24.4 Å². The lowest BCUT2D eigenvalue weighted by Crippen LogP contribution is -2.29. The van der Waals surface area contributed by atoms with Crippen LogP contribution in [0.1, 0.15) is 25.3 Å². The number of rotatable bonds is 8. The maximum absolute atomic E-state index is 12.9. The molecule has 7 nitrogen and oxygen atoms in total. The molecular weight excluding hydrogens is 426 g/mol. The Morgan fingerprint density at radius 2 is 1.78 bits per heavy atom. The molecule has 2 aromatic carbocycles. The third-order valence-electron chi connectivity index (χ3n) is 5.48. The Balaban J connectivity index is 1.43. The Hall–Kier alpha value is -3.32. The number of aromatic nitrogens is 4. The molecule has 4 rings (SSSR count). The van der Waals surface area contributed by atoms with Gasteiger partial charge in [0.2, 0.25) is 5.91 Å². The zero-order chi connectivity index (χ0) is 22.7. The van der Waals surface area contributed by atoms with Crippen LogP contribution in [0.5, 0.6) is 0 Å². The lowest BCUT2D eigenvalue weighted by Gasteiger charge is -2.16. The van der Waals surface area contributed by atoms with E-state index in [1.165, 1.54) is 0 Å². The number of imidazole rings is 1. The molecule has 166 valence electrons. The van der Waals surface area contributed by atoms with Gasteiger partial charge in [-0.2, -0.15) is 5.10 Å². The van der Waals surface area contributed by atoms with Gasteiger partial charge in [0.15, 0.2) is 0 Å². The summed E-state index contributed by atoms with van der Waals surface area (Å²) in [5, 5.41) is 5.01. The molecule has 0 aliphatic rings. The summed E-state index contributed by atoms with van der Waals surface area (Å²) in [6.07, 6.45) is 4.75. The number of para-hydroxylation sites is 2. The normalized spacial score (nSPS) is 11.2. The third-order valence-corrected chi connectivity index (χ3v) is 5.71. The van der Waals surface area contributed by atoms with E-state index in [4.69, 9.17) is 11.6 Å². The Labute approximate surface area is 191 Å². The molecule has 0 atom stereocenters. The number of amides is 1. The van der Waals surface area contributed by atoms with Crippen molar-refractivity contribution in [2.75, 3.05) is 7.05 Å². The van der Waals surface area contributed by atoms with Crippen LogP contribution in [-0.4, -0.2) is 36.8 Å². The van der Waals surface area contributed by atoms with Crippen LogP contribution >= 0.6 is 11.6 Å². The molecule has 0 unspecified atom stereocenters. The fourth-order valence-corrected chi connectivity index (χ4v) is 4.07. The molecule has 0 radical (unpaired) electrons. The molecule has 0 fully saturated rings. The predicted octanol–water partition coefficient (Wildman–Crippen LogP) is 4.10. The summed E-state index contributed by atoms with van der Waals surface area (Å²) >= 11 is 6.06. The minimum Gasteiger partial charge on any atom is -0.341 e. The molecule has 0 saturated heterocycles. The number of nitrogens with zero attached hydrogens (tertiary/aromatic N) is 5. The number of carbonyl (C=O) groups is 1. The second kappa shape index (κ2) is 9.44. The molecule has 0 aliphatic heterocycles. The van der Waals surface area contributed by atoms with Crippen molar-refractivity contribution in [3.8, 4) is 5.69 Å². The lowest BCUT2D eigenvalue weighted by molar-refractivity contribution is -0.130. The predicted molar refractivity (Wildman–Crippen MR) is 126 cm³/mol. The van der Waals surface area contributed by atoms with Gasteiger partial charge in [-0.05, 0) is 36.8 Å². The first kappa shape index (κ1) is 21.9. The van der Waals surface area contributed by atoms with Crippen molar-refractivity contribution < 1.29 is 4.79 Å². The molecule has 0 saturated carbocycles. The van der Waals surface area contributed by atoms with Crippen molar-refractivity contribution in [3.63, 3.8) is 0 Å². The van der Waals surface area contributed by atoms with Crippen LogP contribution in [0.25, 0.3) is 16.7 Å². The van der Waals surface area contributed by atoms with E-state index in [9.17, 15) is 9.59 Å². The topological polar surface area (TPSA) is 65.1 Å². The fourth-order valence-electron chi connectivity index (χ4n) is 3.89. The van der Waals surface area contributed by atoms with Crippen LogP contribution in [0.3, 0.4) is 0 Å². The van der Waals surface area contributed by atoms with Gasteiger partial charge in [-0.3, -0.25) is 13.9 Å². The van der Waals surface area contributed by atoms with Crippen LogP contribution in [0.15, 0.2) is 65.7 Å². The number of benzene rings is 2. The first-order valence-electron chi connectivity index (χ1n) is 10.7. The monoisotopic (exact) mass is 451 g/mol. The van der Waals surface area contributed by atoms with Crippen molar-refractivity contribution >= 4 is 28.5 Å². The largest absolute Gasteiger partial charge is 0.341 e. The first-order valence-corrected chi connectivity index (χ1v) is 11.1. The summed E-state index contributed by atoms with van der Waals surface area (Å²) < 4.78 is 5.23. The molecule has 1 amide bonds. The number of aryl methyl sites for hydroxylation is 2. The van der Waals surface area contributed by atoms with Crippen LogP contribution in [0, 0.1) is 0 Å². The average molecular weight is 452 g/mol. The van der Waals surface area contributed by atoms with Gasteiger partial charge >= 0.3 is 5.69 Å². The standard InChI is InChI=1S/C24H26ClN5O2/c1-3-12-28-21-9-4-5-10-22(21)29(24(28)32)13-11-23(31)27(2)16-18-15-26-30(17-18)20-8-6-7-19(25)14-20/h4-10,14-15,17H,3,11-13,16H2,1-2H3. The Morgan fingerprint density at radius 3 is 2.47 bits per heavy atom. The molecule has 32 heavy (non-hydrogen) atoms. The Bertz CT molecular complexity index is 1300. The van der Waals surface area contributed by atoms with Gasteiger partial charge in [-0.25, -0.2) is 9.48 Å². The van der Waals surface area contributed by atoms with Gasteiger partial charge in [-0.15, -0.1) is 0 Å². The van der Waals surface area contributed by atoms with Crippen molar-refractivity contribution in [1.82, 2.24) is 23.8 Å². The molecule has 2 heterocycles. The molecular formula is C24H26ClN5O2. The van der Waals surface area contributed by atoms with Crippen molar-refractivity contribution in [1.29, 1.82) is 0 Å². The van der Waals surface area contributed by atoms with E-state index >= 15 is 0 Å². The van der Waals surface area contributed by atoms with Crippen LogP contribution in [0.4, 0.5) is 0 Å². The van der Waals surface area contributed by atoms with Gasteiger partial charge in [-0.1, -0.05) is 36.7 Å². The smallest absolute Gasteiger partial charge is 0.329 e.